The van der Waals surface area contributed by atoms with Gasteiger partial charge in [0.15, 0.2) is 5.16 Å². The smallest absolute Gasteiger partial charge is 0.343 e. The number of aromatic nitrogens is 3. The number of carbonyl (C=O) groups excluding carboxylic acids is 1. The summed E-state index contributed by atoms with van der Waals surface area (Å²) in [7, 11) is 0. The molecule has 0 spiro atoms. The molecule has 1 heterocycles. The van der Waals surface area contributed by atoms with Crippen LogP contribution in [0.1, 0.15) is 46.0 Å². The van der Waals surface area contributed by atoms with Crippen molar-refractivity contribution in [2.45, 2.75) is 57.7 Å². The third kappa shape index (κ3) is 5.81. The van der Waals surface area contributed by atoms with Gasteiger partial charge in [0.2, 0.25) is 5.91 Å². The number of carbonyl (C=O) groups is 1. The molecule has 0 saturated heterocycles. The Hall–Kier alpha value is -1.24. The summed E-state index contributed by atoms with van der Waals surface area (Å²) in [5, 5.41) is 9.82. The first-order chi connectivity index (χ1) is 9.69. The normalized spacial score (nSPS) is 10.7. The van der Waals surface area contributed by atoms with Crippen molar-refractivity contribution in [2.24, 2.45) is 0 Å². The van der Waals surface area contributed by atoms with Crippen molar-refractivity contribution in [2.75, 3.05) is 12.3 Å². The van der Waals surface area contributed by atoms with Crippen molar-refractivity contribution in [3.8, 4) is 0 Å². The zero-order chi connectivity index (χ0) is 14.8. The lowest BCUT2D eigenvalue weighted by atomic mass is 10.2. The highest BCUT2D eigenvalue weighted by atomic mass is 32.2. The van der Waals surface area contributed by atoms with Gasteiger partial charge in [-0.2, -0.15) is 0 Å². The molecule has 0 radical (unpaired) electrons. The first-order valence-corrected chi connectivity index (χ1v) is 8.22. The van der Waals surface area contributed by atoms with E-state index in [0.717, 1.165) is 25.8 Å². The van der Waals surface area contributed by atoms with Crippen molar-refractivity contribution < 1.29 is 4.79 Å². The van der Waals surface area contributed by atoms with Crippen molar-refractivity contribution in [1.82, 2.24) is 20.1 Å². The average molecular weight is 300 g/mol. The summed E-state index contributed by atoms with van der Waals surface area (Å²) in [6, 6.07) is 0. The third-order valence-electron chi connectivity index (χ3n) is 2.86. The van der Waals surface area contributed by atoms with Crippen LogP contribution < -0.4 is 11.0 Å². The van der Waals surface area contributed by atoms with Crippen molar-refractivity contribution in [1.29, 1.82) is 0 Å². The van der Waals surface area contributed by atoms with Crippen LogP contribution >= 0.6 is 11.8 Å². The van der Waals surface area contributed by atoms with Gasteiger partial charge in [0.1, 0.15) is 0 Å². The summed E-state index contributed by atoms with van der Waals surface area (Å²) in [5.41, 5.74) is -0.214. The van der Waals surface area contributed by atoms with Gasteiger partial charge < -0.3 is 5.32 Å². The van der Waals surface area contributed by atoms with Gasteiger partial charge in [-0.25, -0.2) is 9.89 Å². The van der Waals surface area contributed by atoms with E-state index >= 15 is 0 Å². The molecule has 0 aliphatic carbocycles. The van der Waals surface area contributed by atoms with Gasteiger partial charge in [-0.1, -0.05) is 44.9 Å². The topological polar surface area (TPSA) is 79.8 Å². The maximum atomic E-state index is 11.7. The van der Waals surface area contributed by atoms with Crippen LogP contribution in [0, 0.1) is 0 Å². The van der Waals surface area contributed by atoms with Crippen molar-refractivity contribution in [3.05, 3.63) is 10.5 Å². The van der Waals surface area contributed by atoms with Gasteiger partial charge in [-0.3, -0.25) is 9.36 Å². The SMILES string of the molecule is CCCCCCNC(=O)CSc1n[nH]c(=O)n1CCC. The summed E-state index contributed by atoms with van der Waals surface area (Å²) >= 11 is 1.29. The third-order valence-corrected chi connectivity index (χ3v) is 3.83. The van der Waals surface area contributed by atoms with Crippen LogP contribution in [0.4, 0.5) is 0 Å². The van der Waals surface area contributed by atoms with Crippen LogP contribution in [0.3, 0.4) is 0 Å². The molecule has 7 heteroatoms. The van der Waals surface area contributed by atoms with Crippen LogP contribution in [-0.4, -0.2) is 33.0 Å². The Kier molecular flexibility index (Phi) is 8.10. The van der Waals surface area contributed by atoms with Gasteiger partial charge in [0.25, 0.3) is 0 Å². The molecule has 0 fully saturated rings. The maximum Gasteiger partial charge on any atom is 0.343 e. The fraction of sp³-hybridized carbons (Fsp3) is 0.769. The van der Waals surface area contributed by atoms with E-state index in [0.29, 0.717) is 17.5 Å². The predicted molar refractivity (Wildman–Crippen MR) is 81.0 cm³/mol. The van der Waals surface area contributed by atoms with E-state index in [1.54, 1.807) is 4.57 Å². The predicted octanol–water partition coefficient (Wildman–Crippen LogP) is 1.77. The van der Waals surface area contributed by atoms with Gasteiger partial charge in [-0.15, -0.1) is 5.10 Å². The number of hydrogen-bond donors (Lipinski definition) is 2. The first-order valence-electron chi connectivity index (χ1n) is 7.23. The maximum absolute atomic E-state index is 11.7. The van der Waals surface area contributed by atoms with Crippen molar-refractivity contribution >= 4 is 17.7 Å². The fourth-order valence-corrected chi connectivity index (χ4v) is 2.60. The van der Waals surface area contributed by atoms with E-state index in [1.165, 1.54) is 24.6 Å². The molecule has 0 aliphatic rings. The molecule has 0 saturated carbocycles. The lowest BCUT2D eigenvalue weighted by Gasteiger charge is -2.05. The number of thioether (sulfide) groups is 1. The standard InChI is InChI=1S/C13H24N4O2S/c1-3-5-6-7-8-14-11(18)10-20-13-16-15-12(19)17(13)9-4-2/h3-10H2,1-2H3,(H,14,18)(H,15,19). The average Bonchev–Trinajstić information content (AvgIpc) is 2.78. The minimum Gasteiger partial charge on any atom is -0.355 e. The van der Waals surface area contributed by atoms with Crippen LogP contribution in [0.2, 0.25) is 0 Å². The summed E-state index contributed by atoms with van der Waals surface area (Å²) in [6.45, 7) is 5.50. The Labute approximate surface area is 123 Å². The second-order valence-corrected chi connectivity index (χ2v) is 5.60. The minimum absolute atomic E-state index is 0.00926. The Bertz CT molecular complexity index is 455. The number of unbranched alkanes of at least 4 members (excludes halogenated alkanes) is 3. The van der Waals surface area contributed by atoms with Gasteiger partial charge in [0, 0.05) is 13.1 Å². The highest BCUT2D eigenvalue weighted by molar-refractivity contribution is 7.99. The van der Waals surface area contributed by atoms with Gasteiger partial charge in [-0.05, 0) is 12.8 Å². The number of nitrogens with zero attached hydrogens (tertiary/aromatic N) is 2. The highest BCUT2D eigenvalue weighted by Gasteiger charge is 2.10. The lowest BCUT2D eigenvalue weighted by Crippen LogP contribution is -2.26. The lowest BCUT2D eigenvalue weighted by molar-refractivity contribution is -0.118. The largest absolute Gasteiger partial charge is 0.355 e. The molecule has 20 heavy (non-hydrogen) atoms. The van der Waals surface area contributed by atoms with Crippen LogP contribution in [-0.2, 0) is 11.3 Å². The van der Waals surface area contributed by atoms with E-state index in [1.807, 2.05) is 6.92 Å². The number of aromatic amines is 1. The number of hydrogen-bond acceptors (Lipinski definition) is 4. The molecular weight excluding hydrogens is 276 g/mol. The monoisotopic (exact) mass is 300 g/mol. The molecule has 2 N–H and O–H groups in total. The van der Waals surface area contributed by atoms with E-state index in [-0.39, 0.29) is 11.6 Å². The minimum atomic E-state index is -0.214. The molecule has 0 aromatic carbocycles. The second kappa shape index (κ2) is 9.63. The zero-order valence-electron chi connectivity index (χ0n) is 12.3. The Morgan fingerprint density at radius 1 is 1.30 bits per heavy atom. The first kappa shape index (κ1) is 16.8. The van der Waals surface area contributed by atoms with E-state index < -0.39 is 0 Å². The Morgan fingerprint density at radius 2 is 2.10 bits per heavy atom. The fourth-order valence-electron chi connectivity index (χ4n) is 1.79. The number of H-pyrrole nitrogens is 1. The van der Waals surface area contributed by atoms with Gasteiger partial charge >= 0.3 is 5.69 Å². The molecule has 0 bridgehead atoms. The molecule has 1 amide bonds. The summed E-state index contributed by atoms with van der Waals surface area (Å²) in [5.74, 6) is 0.284. The zero-order valence-corrected chi connectivity index (χ0v) is 13.1. The summed E-state index contributed by atoms with van der Waals surface area (Å²) in [6.07, 6.45) is 5.43. The van der Waals surface area contributed by atoms with Crippen LogP contribution in [0.5, 0.6) is 0 Å². The molecule has 0 unspecified atom stereocenters. The second-order valence-electron chi connectivity index (χ2n) is 4.66. The number of nitrogens with one attached hydrogen (secondary N) is 2. The van der Waals surface area contributed by atoms with Crippen molar-refractivity contribution in [3.63, 3.8) is 0 Å². The quantitative estimate of drug-likeness (QED) is 0.510. The van der Waals surface area contributed by atoms with E-state index in [2.05, 4.69) is 22.4 Å². The van der Waals surface area contributed by atoms with Crippen LogP contribution in [0.25, 0.3) is 0 Å². The summed E-state index contributed by atoms with van der Waals surface area (Å²) < 4.78 is 1.57. The van der Waals surface area contributed by atoms with Gasteiger partial charge in [0.05, 0.1) is 5.75 Å². The molecule has 0 aliphatic heterocycles. The Balaban J connectivity index is 2.28. The molecule has 1 aromatic heterocycles. The molecular formula is C13H24N4O2S. The molecule has 114 valence electrons. The summed E-state index contributed by atoms with van der Waals surface area (Å²) in [4.78, 5) is 23.1. The molecule has 6 nitrogen and oxygen atoms in total. The molecule has 1 rings (SSSR count). The van der Waals surface area contributed by atoms with E-state index in [4.69, 9.17) is 0 Å². The van der Waals surface area contributed by atoms with E-state index in [9.17, 15) is 9.59 Å². The number of amides is 1. The highest BCUT2D eigenvalue weighted by Crippen LogP contribution is 2.12. The molecule has 1 aromatic rings. The molecule has 0 atom stereocenters. The van der Waals surface area contributed by atoms with Crippen LogP contribution in [0.15, 0.2) is 9.95 Å². The Morgan fingerprint density at radius 3 is 2.80 bits per heavy atom. The number of rotatable bonds is 10.